The van der Waals surface area contributed by atoms with Gasteiger partial charge in [0.05, 0.1) is 0 Å². The van der Waals surface area contributed by atoms with Crippen LogP contribution >= 0.6 is 30.3 Å². The van der Waals surface area contributed by atoms with Crippen LogP contribution in [0.3, 0.4) is 0 Å². The number of nitrogens with zero attached hydrogens (tertiary/aromatic N) is 1. The average Bonchev–Trinajstić information content (AvgIpc) is 1.95. The minimum Gasteiger partial charge on any atom is -0.237 e. The van der Waals surface area contributed by atoms with Gasteiger partial charge in [0.15, 0.2) is 0 Å². The van der Waals surface area contributed by atoms with Gasteiger partial charge in [-0.15, -0.1) is 0 Å². The van der Waals surface area contributed by atoms with Gasteiger partial charge in [-0.2, -0.15) is 0 Å². The van der Waals surface area contributed by atoms with Crippen molar-refractivity contribution >= 4 is 30.3 Å². The van der Waals surface area contributed by atoms with Crippen LogP contribution in [0.25, 0.3) is 0 Å². The maximum Gasteiger partial charge on any atom is 0.0307 e. The van der Waals surface area contributed by atoms with Crippen LogP contribution in [-0.2, 0) is 0 Å². The van der Waals surface area contributed by atoms with Crippen LogP contribution in [0.15, 0.2) is 11.1 Å². The van der Waals surface area contributed by atoms with E-state index in [1.54, 1.807) is 11.1 Å². The molecule has 1 aliphatic rings. The Kier molecular flexibility index (Phi) is 3.52. The van der Waals surface area contributed by atoms with Crippen molar-refractivity contribution < 1.29 is 0 Å². The van der Waals surface area contributed by atoms with Crippen molar-refractivity contribution in [2.75, 3.05) is 13.1 Å². The molecule has 0 bridgehead atoms. The molecule has 0 atom stereocenters. The minimum atomic E-state index is 1.15. The molecule has 0 fully saturated rings. The van der Waals surface area contributed by atoms with Gasteiger partial charge >= 0.3 is 0 Å². The lowest BCUT2D eigenvalue weighted by Gasteiger charge is -2.24. The first-order valence-electron chi connectivity index (χ1n) is 3.43. The largest absolute Gasteiger partial charge is 0.237 e. The summed E-state index contributed by atoms with van der Waals surface area (Å²) in [5.74, 6) is 0. The smallest absolute Gasteiger partial charge is 0.0307 e. The second-order valence-electron chi connectivity index (χ2n) is 2.74. The molecule has 0 aromatic heterocycles. The summed E-state index contributed by atoms with van der Waals surface area (Å²) in [5.41, 5.74) is 3.14. The number of hydrogen-bond acceptors (Lipinski definition) is 2. The predicted octanol–water partition coefficient (Wildman–Crippen LogP) is 3.03. The van der Waals surface area contributed by atoms with Crippen LogP contribution in [0, 0.1) is 0 Å². The molecule has 0 saturated carbocycles. The summed E-state index contributed by atoms with van der Waals surface area (Å²) in [6.07, 6.45) is 1.25. The third-order valence-corrected chi connectivity index (χ3v) is 4.15. The molecule has 10 heavy (non-hydrogen) atoms. The Balaban J connectivity index is 2.54. The summed E-state index contributed by atoms with van der Waals surface area (Å²) in [5, 5.41) is 0. The Morgan fingerprint density at radius 1 is 1.40 bits per heavy atom. The number of hydrogen-bond donors (Lipinski definition) is 0. The minimum absolute atomic E-state index is 1.15. The lowest BCUT2D eigenvalue weighted by atomic mass is 10.1. The molecule has 0 amide bonds. The standard InChI is InChI=1S/C7H12INS/c1-6-3-4-9(10-8)5-7(6)2/h3-5H2,1-2H3. The van der Waals surface area contributed by atoms with E-state index >= 15 is 0 Å². The summed E-state index contributed by atoms with van der Waals surface area (Å²) in [6.45, 7) is 6.84. The molecule has 0 aliphatic carbocycles. The Bertz CT molecular complexity index is 156. The molecule has 0 radical (unpaired) electrons. The first-order valence-corrected chi connectivity index (χ1v) is 6.74. The molecule has 0 unspecified atom stereocenters. The molecule has 1 nitrogen and oxygen atoms in total. The van der Waals surface area contributed by atoms with E-state index in [1.807, 2.05) is 9.12 Å². The SMILES string of the molecule is CC1=C(C)CN(SI)CC1. The van der Waals surface area contributed by atoms with Gasteiger partial charge in [0, 0.05) is 34.3 Å². The maximum atomic E-state index is 2.39. The van der Waals surface area contributed by atoms with Crippen molar-refractivity contribution in [3.05, 3.63) is 11.1 Å². The van der Waals surface area contributed by atoms with E-state index < -0.39 is 0 Å². The number of rotatable bonds is 1. The van der Waals surface area contributed by atoms with E-state index in [9.17, 15) is 0 Å². The highest BCUT2D eigenvalue weighted by Gasteiger charge is 2.12. The molecule has 0 aromatic rings. The quantitative estimate of drug-likeness (QED) is 0.409. The van der Waals surface area contributed by atoms with Crippen molar-refractivity contribution in [2.24, 2.45) is 0 Å². The second-order valence-corrected chi connectivity index (χ2v) is 4.58. The summed E-state index contributed by atoms with van der Waals surface area (Å²) >= 11 is 2.34. The van der Waals surface area contributed by atoms with Crippen molar-refractivity contribution in [1.29, 1.82) is 0 Å². The van der Waals surface area contributed by atoms with E-state index in [0.717, 1.165) is 6.54 Å². The van der Waals surface area contributed by atoms with Crippen LogP contribution in [-0.4, -0.2) is 17.4 Å². The fourth-order valence-electron chi connectivity index (χ4n) is 1.04. The predicted molar refractivity (Wildman–Crippen MR) is 56.2 cm³/mol. The maximum absolute atomic E-state index is 2.39. The molecular weight excluding hydrogens is 257 g/mol. The highest BCUT2D eigenvalue weighted by Crippen LogP contribution is 2.26. The molecule has 1 rings (SSSR count). The molecule has 0 aromatic carbocycles. The van der Waals surface area contributed by atoms with Crippen LogP contribution in [0.5, 0.6) is 0 Å². The van der Waals surface area contributed by atoms with Gasteiger partial charge in [0.2, 0.25) is 0 Å². The summed E-state index contributed by atoms with van der Waals surface area (Å²) < 4.78 is 2.39. The van der Waals surface area contributed by atoms with Crippen molar-refractivity contribution in [3.8, 4) is 0 Å². The summed E-state index contributed by atoms with van der Waals surface area (Å²) in [7, 11) is 1.82. The van der Waals surface area contributed by atoms with Crippen LogP contribution in [0.1, 0.15) is 20.3 Å². The Morgan fingerprint density at radius 2 is 2.10 bits per heavy atom. The van der Waals surface area contributed by atoms with Gasteiger partial charge in [-0.05, 0) is 29.4 Å². The Morgan fingerprint density at radius 3 is 2.60 bits per heavy atom. The van der Waals surface area contributed by atoms with Gasteiger partial charge < -0.3 is 0 Å². The second kappa shape index (κ2) is 3.97. The first kappa shape index (κ1) is 8.87. The van der Waals surface area contributed by atoms with E-state index in [2.05, 4.69) is 39.4 Å². The lowest BCUT2D eigenvalue weighted by Crippen LogP contribution is -2.23. The van der Waals surface area contributed by atoms with Gasteiger partial charge in [-0.25, -0.2) is 4.31 Å². The van der Waals surface area contributed by atoms with Gasteiger partial charge in [-0.3, -0.25) is 0 Å². The molecule has 1 heterocycles. The molecule has 0 N–H and O–H groups in total. The third kappa shape index (κ3) is 2.13. The van der Waals surface area contributed by atoms with E-state index in [1.165, 1.54) is 13.0 Å². The Hall–Kier alpha value is 0.780. The fourth-order valence-corrected chi connectivity index (χ4v) is 2.45. The fraction of sp³-hybridized carbons (Fsp3) is 0.714. The number of halogens is 1. The van der Waals surface area contributed by atoms with Crippen molar-refractivity contribution in [2.45, 2.75) is 20.3 Å². The van der Waals surface area contributed by atoms with E-state index in [-0.39, 0.29) is 0 Å². The molecule has 58 valence electrons. The highest BCUT2D eigenvalue weighted by molar-refractivity contribution is 14.2. The zero-order valence-electron chi connectivity index (χ0n) is 6.35. The third-order valence-electron chi connectivity index (χ3n) is 1.98. The first-order chi connectivity index (χ1) is 4.74. The normalized spacial score (nSPS) is 21.9. The molecular formula is C7H12INS. The van der Waals surface area contributed by atoms with Gasteiger partial charge in [0.1, 0.15) is 0 Å². The zero-order valence-corrected chi connectivity index (χ0v) is 9.33. The summed E-state index contributed by atoms with van der Waals surface area (Å²) in [6, 6.07) is 0. The lowest BCUT2D eigenvalue weighted by molar-refractivity contribution is 0.487. The molecule has 0 saturated heterocycles. The summed E-state index contributed by atoms with van der Waals surface area (Å²) in [4.78, 5) is 0. The Labute approximate surface area is 79.0 Å². The van der Waals surface area contributed by atoms with E-state index in [4.69, 9.17) is 0 Å². The topological polar surface area (TPSA) is 3.24 Å². The van der Waals surface area contributed by atoms with Crippen LogP contribution in [0.2, 0.25) is 0 Å². The van der Waals surface area contributed by atoms with E-state index in [0.29, 0.717) is 0 Å². The molecule has 3 heteroatoms. The van der Waals surface area contributed by atoms with Gasteiger partial charge in [-0.1, -0.05) is 11.1 Å². The monoisotopic (exact) mass is 269 g/mol. The van der Waals surface area contributed by atoms with Gasteiger partial charge in [0.25, 0.3) is 0 Å². The van der Waals surface area contributed by atoms with Crippen molar-refractivity contribution in [1.82, 2.24) is 4.31 Å². The average molecular weight is 269 g/mol. The molecule has 1 aliphatic heterocycles. The van der Waals surface area contributed by atoms with Crippen LogP contribution < -0.4 is 0 Å². The zero-order chi connectivity index (χ0) is 7.56. The highest BCUT2D eigenvalue weighted by atomic mass is 127. The van der Waals surface area contributed by atoms with Crippen molar-refractivity contribution in [3.63, 3.8) is 0 Å². The van der Waals surface area contributed by atoms with Crippen LogP contribution in [0.4, 0.5) is 0 Å². The molecule has 0 spiro atoms.